The molecule has 8 heteroatoms. The van der Waals surface area contributed by atoms with Gasteiger partial charge in [-0.3, -0.25) is 4.99 Å². The van der Waals surface area contributed by atoms with Crippen molar-refractivity contribution in [2.45, 2.75) is 58.0 Å². The summed E-state index contributed by atoms with van der Waals surface area (Å²) in [5, 5.41) is 0. The number of benzene rings is 2. The van der Waals surface area contributed by atoms with Crippen LogP contribution < -0.4 is 14.2 Å². The van der Waals surface area contributed by atoms with Crippen LogP contribution in [-0.4, -0.2) is 30.3 Å². The monoisotopic (exact) mass is 455 g/mol. The Morgan fingerprint density at radius 1 is 1.03 bits per heavy atom. The van der Waals surface area contributed by atoms with Crippen LogP contribution in [0, 0.1) is 0 Å². The fraction of sp³-hybridized carbons (Fsp3) is 0.435. The lowest BCUT2D eigenvalue weighted by atomic mass is 9.81. The Bertz CT molecular complexity index is 1030. The predicted molar refractivity (Wildman–Crippen MR) is 115 cm³/mol. The SMILES string of the molecule is COc1cc2c(c3c1OC(C)(C)C3)C(c1ccc(OC(F)(F)F)cc1)=NC(C)(C)C2.Cl. The Morgan fingerprint density at radius 2 is 1.68 bits per heavy atom. The maximum atomic E-state index is 12.5. The zero-order valence-corrected chi connectivity index (χ0v) is 18.8. The smallest absolute Gasteiger partial charge is 0.493 e. The van der Waals surface area contributed by atoms with E-state index in [2.05, 4.69) is 4.74 Å². The number of methoxy groups -OCH3 is 1. The first-order valence-corrected chi connectivity index (χ1v) is 9.76. The van der Waals surface area contributed by atoms with Crippen molar-refractivity contribution < 1.29 is 27.4 Å². The number of aliphatic imine (C=N–C) groups is 1. The van der Waals surface area contributed by atoms with Crippen molar-refractivity contribution in [2.75, 3.05) is 7.11 Å². The lowest BCUT2D eigenvalue weighted by Gasteiger charge is -2.31. The van der Waals surface area contributed by atoms with Crippen LogP contribution in [0.5, 0.6) is 17.2 Å². The molecule has 31 heavy (non-hydrogen) atoms. The van der Waals surface area contributed by atoms with E-state index >= 15 is 0 Å². The summed E-state index contributed by atoms with van der Waals surface area (Å²) in [7, 11) is 1.62. The normalized spacial score (nSPS) is 18.1. The molecule has 4 nitrogen and oxygen atoms in total. The largest absolute Gasteiger partial charge is 0.573 e. The van der Waals surface area contributed by atoms with Gasteiger partial charge in [-0.25, -0.2) is 0 Å². The van der Waals surface area contributed by atoms with Gasteiger partial charge in [0.15, 0.2) is 11.5 Å². The third kappa shape index (κ3) is 4.61. The highest BCUT2D eigenvalue weighted by Crippen LogP contribution is 2.47. The molecule has 0 aromatic heterocycles. The van der Waals surface area contributed by atoms with Crippen molar-refractivity contribution in [3.63, 3.8) is 0 Å². The lowest BCUT2D eigenvalue weighted by molar-refractivity contribution is -0.274. The average Bonchev–Trinajstić information content (AvgIpc) is 2.93. The van der Waals surface area contributed by atoms with Crippen LogP contribution in [-0.2, 0) is 12.8 Å². The van der Waals surface area contributed by atoms with E-state index in [-0.39, 0.29) is 29.3 Å². The molecule has 0 spiro atoms. The van der Waals surface area contributed by atoms with Crippen LogP contribution in [0.3, 0.4) is 0 Å². The molecule has 4 rings (SSSR count). The van der Waals surface area contributed by atoms with E-state index in [1.807, 2.05) is 33.8 Å². The van der Waals surface area contributed by atoms with Gasteiger partial charge in [0.05, 0.1) is 18.4 Å². The highest BCUT2D eigenvalue weighted by Gasteiger charge is 2.39. The zero-order valence-electron chi connectivity index (χ0n) is 18.0. The van der Waals surface area contributed by atoms with Crippen LogP contribution in [0.2, 0.25) is 0 Å². The molecular formula is C23H25ClF3NO3. The van der Waals surface area contributed by atoms with Gasteiger partial charge in [-0.15, -0.1) is 25.6 Å². The molecule has 0 fully saturated rings. The van der Waals surface area contributed by atoms with E-state index < -0.39 is 6.36 Å². The van der Waals surface area contributed by atoms with Crippen molar-refractivity contribution in [2.24, 2.45) is 4.99 Å². The van der Waals surface area contributed by atoms with Gasteiger partial charge in [-0.05, 0) is 70.0 Å². The van der Waals surface area contributed by atoms with Gasteiger partial charge in [-0.1, -0.05) is 0 Å². The number of ether oxygens (including phenoxy) is 3. The van der Waals surface area contributed by atoms with Gasteiger partial charge < -0.3 is 14.2 Å². The molecule has 2 aliphatic heterocycles. The summed E-state index contributed by atoms with van der Waals surface area (Å²) in [4.78, 5) is 4.97. The standard InChI is InChI=1S/C23H24F3NO3.ClH/c1-21(2)11-14-10-17(28-5)20-16(12-22(3,4)30-20)18(14)19(27-21)13-6-8-15(9-7-13)29-23(24,25)26;/h6-10H,11-12H2,1-5H3;1H. The third-order valence-electron chi connectivity index (χ3n) is 5.26. The van der Waals surface area contributed by atoms with Crippen LogP contribution in [0.25, 0.3) is 0 Å². The highest BCUT2D eigenvalue weighted by molar-refractivity contribution is 6.16. The second-order valence-electron chi connectivity index (χ2n) is 8.98. The van der Waals surface area contributed by atoms with Gasteiger partial charge in [0.2, 0.25) is 0 Å². The van der Waals surface area contributed by atoms with Crippen molar-refractivity contribution in [3.8, 4) is 17.2 Å². The molecular weight excluding hydrogens is 431 g/mol. The minimum Gasteiger partial charge on any atom is -0.493 e. The molecule has 0 atom stereocenters. The average molecular weight is 456 g/mol. The summed E-state index contributed by atoms with van der Waals surface area (Å²) < 4.78 is 53.3. The second-order valence-corrected chi connectivity index (χ2v) is 8.98. The zero-order chi connectivity index (χ0) is 21.9. The molecule has 0 unspecified atom stereocenters. The molecule has 0 bridgehead atoms. The number of alkyl halides is 3. The number of fused-ring (bicyclic) bond motifs is 3. The van der Waals surface area contributed by atoms with Crippen LogP contribution in [0.4, 0.5) is 13.2 Å². The second kappa shape index (κ2) is 7.62. The van der Waals surface area contributed by atoms with E-state index in [0.717, 1.165) is 34.4 Å². The molecule has 0 aliphatic carbocycles. The first kappa shape index (κ1) is 23.3. The maximum absolute atomic E-state index is 12.5. The van der Waals surface area contributed by atoms with Crippen LogP contribution in [0.1, 0.15) is 49.9 Å². The Kier molecular flexibility index (Phi) is 5.72. The van der Waals surface area contributed by atoms with Crippen molar-refractivity contribution in [3.05, 3.63) is 52.6 Å². The molecule has 2 aliphatic rings. The highest BCUT2D eigenvalue weighted by atomic mass is 35.5. The van der Waals surface area contributed by atoms with Crippen molar-refractivity contribution in [1.29, 1.82) is 0 Å². The first-order chi connectivity index (χ1) is 13.9. The molecule has 2 aromatic carbocycles. The van der Waals surface area contributed by atoms with E-state index in [4.69, 9.17) is 14.5 Å². The van der Waals surface area contributed by atoms with E-state index in [9.17, 15) is 13.2 Å². The van der Waals surface area contributed by atoms with E-state index in [0.29, 0.717) is 17.9 Å². The number of rotatable bonds is 3. The fourth-order valence-corrected chi connectivity index (χ4v) is 4.24. The van der Waals surface area contributed by atoms with Gasteiger partial charge >= 0.3 is 6.36 Å². The predicted octanol–water partition coefficient (Wildman–Crippen LogP) is 5.90. The molecule has 0 amide bonds. The minimum atomic E-state index is -4.72. The summed E-state index contributed by atoms with van der Waals surface area (Å²) in [6.07, 6.45) is -3.31. The van der Waals surface area contributed by atoms with Crippen molar-refractivity contribution in [1.82, 2.24) is 0 Å². The number of hydrogen-bond acceptors (Lipinski definition) is 4. The van der Waals surface area contributed by atoms with E-state index in [1.54, 1.807) is 19.2 Å². The molecule has 0 N–H and O–H groups in total. The van der Waals surface area contributed by atoms with Crippen molar-refractivity contribution >= 4 is 18.1 Å². The fourth-order valence-electron chi connectivity index (χ4n) is 4.24. The summed E-state index contributed by atoms with van der Waals surface area (Å²) in [5.74, 6) is 1.15. The molecule has 2 heterocycles. The summed E-state index contributed by atoms with van der Waals surface area (Å²) in [5.41, 5.74) is 3.85. The summed E-state index contributed by atoms with van der Waals surface area (Å²) >= 11 is 0. The summed E-state index contributed by atoms with van der Waals surface area (Å²) in [6.45, 7) is 8.12. The number of halogens is 4. The quantitative estimate of drug-likeness (QED) is 0.578. The third-order valence-corrected chi connectivity index (χ3v) is 5.26. The minimum absolute atomic E-state index is 0. The Labute approximate surface area is 185 Å². The van der Waals surface area contributed by atoms with Crippen LogP contribution in [0.15, 0.2) is 35.3 Å². The molecule has 0 saturated heterocycles. The lowest BCUT2D eigenvalue weighted by Crippen LogP contribution is -2.30. The van der Waals surface area contributed by atoms with Gasteiger partial charge in [0, 0.05) is 23.1 Å². The maximum Gasteiger partial charge on any atom is 0.573 e. The van der Waals surface area contributed by atoms with Crippen LogP contribution >= 0.6 is 12.4 Å². The first-order valence-electron chi connectivity index (χ1n) is 9.76. The number of nitrogens with zero attached hydrogens (tertiary/aromatic N) is 1. The Balaban J connectivity index is 0.00000272. The summed E-state index contributed by atoms with van der Waals surface area (Å²) in [6, 6.07) is 7.85. The number of hydrogen-bond donors (Lipinski definition) is 0. The molecule has 0 radical (unpaired) electrons. The van der Waals surface area contributed by atoms with Gasteiger partial charge in [0.1, 0.15) is 11.4 Å². The molecule has 0 saturated carbocycles. The van der Waals surface area contributed by atoms with Gasteiger partial charge in [-0.2, -0.15) is 0 Å². The molecule has 2 aromatic rings. The molecule has 168 valence electrons. The van der Waals surface area contributed by atoms with E-state index in [1.165, 1.54) is 12.1 Å². The topological polar surface area (TPSA) is 40.0 Å². The Morgan fingerprint density at radius 3 is 2.26 bits per heavy atom. The van der Waals surface area contributed by atoms with Gasteiger partial charge in [0.25, 0.3) is 0 Å². The Hall–Kier alpha value is -2.41.